The summed E-state index contributed by atoms with van der Waals surface area (Å²) in [5, 5.41) is 12.3. The minimum atomic E-state index is 0.328. The first-order chi connectivity index (χ1) is 7.18. The number of aliphatic hydroxyl groups is 1. The summed E-state index contributed by atoms with van der Waals surface area (Å²) < 4.78 is 0. The number of allylic oxidation sites excluding steroid dienone is 3. The van der Waals surface area contributed by atoms with Crippen molar-refractivity contribution in [2.24, 2.45) is 0 Å². The Bertz CT molecular complexity index is 348. The smallest absolute Gasteiger partial charge is 0.0891 e. The lowest BCUT2D eigenvalue weighted by Crippen LogP contribution is -2.01. The molecular weight excluding hydrogens is 186 g/mol. The van der Waals surface area contributed by atoms with Crippen molar-refractivity contribution in [3.63, 3.8) is 0 Å². The molecule has 80 valence electrons. The van der Waals surface area contributed by atoms with Crippen molar-refractivity contribution in [2.45, 2.75) is 13.8 Å². The van der Waals surface area contributed by atoms with Gasteiger partial charge in [-0.25, -0.2) is 0 Å². The summed E-state index contributed by atoms with van der Waals surface area (Å²) in [6.45, 7) is 4.47. The van der Waals surface area contributed by atoms with E-state index in [4.69, 9.17) is 5.11 Å². The molecule has 0 heterocycles. The summed E-state index contributed by atoms with van der Waals surface area (Å²) >= 11 is 0. The summed E-state index contributed by atoms with van der Waals surface area (Å²) in [6.07, 6.45) is 3.60. The molecule has 2 heteroatoms. The topological polar surface area (TPSA) is 32.3 Å². The van der Waals surface area contributed by atoms with Crippen LogP contribution in [0.3, 0.4) is 0 Å². The minimum absolute atomic E-state index is 0.328. The van der Waals surface area contributed by atoms with Gasteiger partial charge in [0.1, 0.15) is 0 Å². The van der Waals surface area contributed by atoms with Crippen molar-refractivity contribution in [3.8, 4) is 0 Å². The van der Waals surface area contributed by atoms with Crippen LogP contribution in [0.5, 0.6) is 0 Å². The fourth-order valence-corrected chi connectivity index (χ4v) is 1.12. The Labute approximate surface area is 91.0 Å². The lowest BCUT2D eigenvalue weighted by atomic mass is 10.2. The van der Waals surface area contributed by atoms with Gasteiger partial charge < -0.3 is 10.4 Å². The van der Waals surface area contributed by atoms with Gasteiger partial charge in [0.2, 0.25) is 0 Å². The second kappa shape index (κ2) is 5.91. The fourth-order valence-electron chi connectivity index (χ4n) is 1.12. The third-order valence-corrected chi connectivity index (χ3v) is 1.95. The molecule has 0 aliphatic carbocycles. The maximum absolute atomic E-state index is 8.98. The van der Waals surface area contributed by atoms with Crippen molar-refractivity contribution in [3.05, 3.63) is 53.8 Å². The number of benzene rings is 1. The summed E-state index contributed by atoms with van der Waals surface area (Å²) in [5.41, 5.74) is 2.28. The number of hydrogen-bond acceptors (Lipinski definition) is 2. The zero-order valence-electron chi connectivity index (χ0n) is 9.20. The summed E-state index contributed by atoms with van der Waals surface area (Å²) in [6, 6.07) is 10.0. The second-order valence-corrected chi connectivity index (χ2v) is 3.54. The molecule has 0 spiro atoms. The van der Waals surface area contributed by atoms with E-state index < -0.39 is 0 Å². The van der Waals surface area contributed by atoms with Crippen molar-refractivity contribution in [1.82, 2.24) is 0 Å². The average Bonchev–Trinajstić information content (AvgIpc) is 2.25. The predicted molar refractivity (Wildman–Crippen MR) is 65.1 cm³/mol. The SMILES string of the molecule is C/C(O)=C\C=C(/C)CNc1ccccc1. The molecule has 2 nitrogen and oxygen atoms in total. The highest BCUT2D eigenvalue weighted by Gasteiger charge is 1.90. The zero-order chi connectivity index (χ0) is 11.1. The molecule has 0 atom stereocenters. The van der Waals surface area contributed by atoms with Gasteiger partial charge in [-0.3, -0.25) is 0 Å². The molecule has 1 aromatic rings. The summed E-state index contributed by atoms with van der Waals surface area (Å²) in [4.78, 5) is 0. The molecule has 2 N–H and O–H groups in total. The minimum Gasteiger partial charge on any atom is -0.513 e. The van der Waals surface area contributed by atoms with E-state index in [0.29, 0.717) is 5.76 Å². The van der Waals surface area contributed by atoms with E-state index in [2.05, 4.69) is 5.32 Å². The summed E-state index contributed by atoms with van der Waals surface area (Å²) in [5.74, 6) is 0.328. The first kappa shape index (κ1) is 11.4. The Hall–Kier alpha value is -1.70. The van der Waals surface area contributed by atoms with Crippen LogP contribution in [0.15, 0.2) is 53.8 Å². The van der Waals surface area contributed by atoms with Gasteiger partial charge in [-0.15, -0.1) is 0 Å². The van der Waals surface area contributed by atoms with Crippen LogP contribution in [0.1, 0.15) is 13.8 Å². The first-order valence-electron chi connectivity index (χ1n) is 5.00. The monoisotopic (exact) mass is 203 g/mol. The Morgan fingerprint density at radius 2 is 1.87 bits per heavy atom. The van der Waals surface area contributed by atoms with Gasteiger partial charge in [-0.1, -0.05) is 29.8 Å². The maximum Gasteiger partial charge on any atom is 0.0891 e. The standard InChI is InChI=1S/C13H17NO/c1-11(8-9-12(2)15)10-14-13-6-4-3-5-7-13/h3-9,14-15H,10H2,1-2H3/b11-8+,12-9+. The van der Waals surface area contributed by atoms with Crippen LogP contribution < -0.4 is 5.32 Å². The highest BCUT2D eigenvalue weighted by atomic mass is 16.3. The van der Waals surface area contributed by atoms with Crippen LogP contribution in [0, 0.1) is 0 Å². The molecule has 0 fully saturated rings. The lowest BCUT2D eigenvalue weighted by molar-refractivity contribution is 0.414. The molecule has 0 aliphatic heterocycles. The van der Waals surface area contributed by atoms with E-state index >= 15 is 0 Å². The van der Waals surface area contributed by atoms with Gasteiger partial charge in [0, 0.05) is 12.2 Å². The number of rotatable bonds is 4. The van der Waals surface area contributed by atoms with Crippen molar-refractivity contribution < 1.29 is 5.11 Å². The first-order valence-corrected chi connectivity index (χ1v) is 5.00. The van der Waals surface area contributed by atoms with E-state index in [1.165, 1.54) is 5.57 Å². The average molecular weight is 203 g/mol. The van der Waals surface area contributed by atoms with Crippen LogP contribution in [-0.2, 0) is 0 Å². The molecule has 0 amide bonds. The fraction of sp³-hybridized carbons (Fsp3) is 0.231. The van der Waals surface area contributed by atoms with Crippen molar-refractivity contribution in [2.75, 3.05) is 11.9 Å². The van der Waals surface area contributed by atoms with E-state index in [1.54, 1.807) is 13.0 Å². The van der Waals surface area contributed by atoms with E-state index in [9.17, 15) is 0 Å². The summed E-state index contributed by atoms with van der Waals surface area (Å²) in [7, 11) is 0. The van der Waals surface area contributed by atoms with Crippen LogP contribution in [0.25, 0.3) is 0 Å². The van der Waals surface area contributed by atoms with Crippen LogP contribution in [-0.4, -0.2) is 11.7 Å². The van der Waals surface area contributed by atoms with Crippen molar-refractivity contribution >= 4 is 5.69 Å². The molecule has 0 radical (unpaired) electrons. The molecule has 0 saturated heterocycles. The quantitative estimate of drug-likeness (QED) is 0.579. The van der Waals surface area contributed by atoms with E-state index in [0.717, 1.165) is 12.2 Å². The van der Waals surface area contributed by atoms with E-state index in [-0.39, 0.29) is 0 Å². The number of anilines is 1. The number of hydrogen-bond donors (Lipinski definition) is 2. The van der Waals surface area contributed by atoms with E-state index in [1.807, 2.05) is 43.3 Å². The normalized spacial score (nSPS) is 12.7. The van der Waals surface area contributed by atoms with Gasteiger partial charge in [0.15, 0.2) is 0 Å². The molecule has 1 aromatic carbocycles. The van der Waals surface area contributed by atoms with Gasteiger partial charge in [-0.2, -0.15) is 0 Å². The number of nitrogens with one attached hydrogen (secondary N) is 1. The number of aliphatic hydroxyl groups excluding tert-OH is 1. The third-order valence-electron chi connectivity index (χ3n) is 1.95. The molecule has 15 heavy (non-hydrogen) atoms. The molecular formula is C13H17NO. The molecule has 0 saturated carbocycles. The molecule has 0 aliphatic rings. The highest BCUT2D eigenvalue weighted by Crippen LogP contribution is 2.06. The van der Waals surface area contributed by atoms with Gasteiger partial charge >= 0.3 is 0 Å². The van der Waals surface area contributed by atoms with Crippen LogP contribution in [0.4, 0.5) is 5.69 Å². The van der Waals surface area contributed by atoms with Crippen LogP contribution >= 0.6 is 0 Å². The molecule has 0 bridgehead atoms. The highest BCUT2D eigenvalue weighted by molar-refractivity contribution is 5.43. The number of para-hydroxylation sites is 1. The molecule has 0 aromatic heterocycles. The Kier molecular flexibility index (Phi) is 4.48. The van der Waals surface area contributed by atoms with Crippen LogP contribution in [0.2, 0.25) is 0 Å². The van der Waals surface area contributed by atoms with Crippen molar-refractivity contribution in [1.29, 1.82) is 0 Å². The third kappa shape index (κ3) is 4.91. The predicted octanol–water partition coefficient (Wildman–Crippen LogP) is 3.51. The lowest BCUT2D eigenvalue weighted by Gasteiger charge is -2.05. The maximum atomic E-state index is 8.98. The van der Waals surface area contributed by atoms with Gasteiger partial charge in [0.05, 0.1) is 5.76 Å². The Balaban J connectivity index is 2.44. The Morgan fingerprint density at radius 1 is 1.20 bits per heavy atom. The van der Waals surface area contributed by atoms with Gasteiger partial charge in [-0.05, 0) is 32.1 Å². The largest absolute Gasteiger partial charge is 0.513 e. The molecule has 0 unspecified atom stereocenters. The zero-order valence-corrected chi connectivity index (χ0v) is 9.20. The second-order valence-electron chi connectivity index (χ2n) is 3.54. The van der Waals surface area contributed by atoms with Gasteiger partial charge in [0.25, 0.3) is 0 Å². The molecule has 1 rings (SSSR count). The Morgan fingerprint density at radius 3 is 2.47 bits per heavy atom.